The average molecular weight is 487 g/mol. The van der Waals surface area contributed by atoms with Crippen LogP contribution in [0.25, 0.3) is 10.9 Å². The van der Waals surface area contributed by atoms with Crippen LogP contribution in [0.5, 0.6) is 0 Å². The Morgan fingerprint density at radius 1 is 0.971 bits per heavy atom. The smallest absolute Gasteiger partial charge is 0.262 e. The Bertz CT molecular complexity index is 1390. The zero-order chi connectivity index (χ0) is 24.8. The molecule has 0 aliphatic heterocycles. The van der Waals surface area contributed by atoms with Gasteiger partial charge in [-0.25, -0.2) is 4.98 Å². The van der Waals surface area contributed by atoms with E-state index in [1.165, 1.54) is 11.8 Å². The number of hydrogen-bond acceptors (Lipinski definition) is 5. The van der Waals surface area contributed by atoms with Crippen molar-refractivity contribution in [2.24, 2.45) is 5.73 Å². The van der Waals surface area contributed by atoms with Crippen LogP contribution in [0.3, 0.4) is 0 Å². The number of aromatic nitrogens is 2. The molecular weight excluding hydrogens is 460 g/mol. The summed E-state index contributed by atoms with van der Waals surface area (Å²) in [5, 5.41) is 0.986. The number of hydrogen-bond donors (Lipinski definition) is 1. The number of thioether (sulfide) groups is 1. The van der Waals surface area contributed by atoms with Crippen LogP contribution in [-0.2, 0) is 9.59 Å². The van der Waals surface area contributed by atoms with Gasteiger partial charge in [0.1, 0.15) is 0 Å². The van der Waals surface area contributed by atoms with Gasteiger partial charge in [0.2, 0.25) is 11.8 Å². The lowest BCUT2D eigenvalue weighted by molar-refractivity contribution is -0.118. The molecule has 178 valence electrons. The molecule has 1 atom stereocenters. The highest BCUT2D eigenvalue weighted by Gasteiger charge is 2.21. The number of carbonyl (C=O) groups is 2. The molecule has 0 spiro atoms. The van der Waals surface area contributed by atoms with Gasteiger partial charge in [-0.3, -0.25) is 19.0 Å². The molecule has 2 amide bonds. The van der Waals surface area contributed by atoms with Crippen molar-refractivity contribution < 1.29 is 9.59 Å². The third-order valence-corrected chi connectivity index (χ3v) is 6.66. The van der Waals surface area contributed by atoms with Gasteiger partial charge in [0, 0.05) is 18.7 Å². The molecule has 0 fully saturated rings. The first-order valence-electron chi connectivity index (χ1n) is 11.3. The van der Waals surface area contributed by atoms with Crippen LogP contribution in [0.15, 0.2) is 94.9 Å². The molecular formula is C27H26N4O3S. The second-order valence-corrected chi connectivity index (χ2v) is 9.00. The van der Waals surface area contributed by atoms with Crippen LogP contribution in [0.1, 0.15) is 24.9 Å². The molecule has 0 bridgehead atoms. The first kappa shape index (κ1) is 24.2. The van der Waals surface area contributed by atoms with E-state index in [4.69, 9.17) is 10.7 Å². The van der Waals surface area contributed by atoms with Crippen molar-refractivity contribution in [3.63, 3.8) is 0 Å². The Morgan fingerprint density at radius 2 is 1.60 bits per heavy atom. The highest BCUT2D eigenvalue weighted by molar-refractivity contribution is 7.99. The maximum Gasteiger partial charge on any atom is 0.262 e. The van der Waals surface area contributed by atoms with E-state index in [9.17, 15) is 14.4 Å². The summed E-state index contributed by atoms with van der Waals surface area (Å²) < 4.78 is 1.64. The normalized spacial score (nSPS) is 11.8. The molecule has 7 nitrogen and oxygen atoms in total. The van der Waals surface area contributed by atoms with Crippen molar-refractivity contribution in [2.75, 3.05) is 17.2 Å². The molecule has 1 heterocycles. The first-order chi connectivity index (χ1) is 17.0. The van der Waals surface area contributed by atoms with Crippen molar-refractivity contribution in [3.05, 3.63) is 101 Å². The van der Waals surface area contributed by atoms with Crippen LogP contribution < -0.4 is 16.2 Å². The van der Waals surface area contributed by atoms with Crippen molar-refractivity contribution >= 4 is 40.2 Å². The fraction of sp³-hybridized carbons (Fsp3) is 0.185. The summed E-state index contributed by atoms with van der Waals surface area (Å²) >= 11 is 1.21. The number of nitrogens with zero attached hydrogens (tertiary/aromatic N) is 3. The molecule has 0 radical (unpaired) electrons. The SMILES string of the molecule is CC(c1ccccc1)n1c(SCC(=O)N(CCC(N)=O)c2ccccc2)nc2ccccc2c1=O. The zero-order valence-corrected chi connectivity index (χ0v) is 20.2. The van der Waals surface area contributed by atoms with Crippen molar-refractivity contribution in [2.45, 2.75) is 24.5 Å². The molecule has 0 aliphatic carbocycles. The van der Waals surface area contributed by atoms with Gasteiger partial charge >= 0.3 is 0 Å². The van der Waals surface area contributed by atoms with Gasteiger partial charge in [-0.05, 0) is 36.8 Å². The van der Waals surface area contributed by atoms with Crippen molar-refractivity contribution in [1.29, 1.82) is 0 Å². The Balaban J connectivity index is 1.68. The summed E-state index contributed by atoms with van der Waals surface area (Å²) in [4.78, 5) is 44.4. The minimum Gasteiger partial charge on any atom is -0.370 e. The summed E-state index contributed by atoms with van der Waals surface area (Å²) in [5.74, 6) is -0.642. The zero-order valence-electron chi connectivity index (χ0n) is 19.3. The average Bonchev–Trinajstić information content (AvgIpc) is 2.88. The van der Waals surface area contributed by atoms with Crippen LogP contribution in [-0.4, -0.2) is 33.7 Å². The van der Waals surface area contributed by atoms with E-state index in [1.807, 2.05) is 79.7 Å². The van der Waals surface area contributed by atoms with Gasteiger partial charge in [0.05, 0.1) is 22.7 Å². The Morgan fingerprint density at radius 3 is 2.29 bits per heavy atom. The number of amides is 2. The van der Waals surface area contributed by atoms with Crippen LogP contribution in [0.2, 0.25) is 0 Å². The molecule has 0 saturated heterocycles. The topological polar surface area (TPSA) is 98.3 Å². The number of carbonyl (C=O) groups excluding carboxylic acids is 2. The van der Waals surface area contributed by atoms with Gasteiger partial charge in [-0.15, -0.1) is 0 Å². The van der Waals surface area contributed by atoms with E-state index in [0.29, 0.717) is 21.7 Å². The molecule has 8 heteroatoms. The highest BCUT2D eigenvalue weighted by Crippen LogP contribution is 2.26. The van der Waals surface area contributed by atoms with E-state index in [2.05, 4.69) is 0 Å². The van der Waals surface area contributed by atoms with Gasteiger partial charge in [-0.1, -0.05) is 72.4 Å². The number of rotatable bonds is 9. The van der Waals surface area contributed by atoms with E-state index in [0.717, 1.165) is 5.56 Å². The second-order valence-electron chi connectivity index (χ2n) is 8.06. The van der Waals surface area contributed by atoms with Crippen LogP contribution >= 0.6 is 11.8 Å². The van der Waals surface area contributed by atoms with Gasteiger partial charge in [0.15, 0.2) is 5.16 Å². The summed E-state index contributed by atoms with van der Waals surface area (Å²) in [6.07, 6.45) is 0.0509. The predicted octanol–water partition coefficient (Wildman–Crippen LogP) is 4.01. The van der Waals surface area contributed by atoms with E-state index < -0.39 is 5.91 Å². The molecule has 4 rings (SSSR count). The Hall–Kier alpha value is -3.91. The Kier molecular flexibility index (Phi) is 7.62. The lowest BCUT2D eigenvalue weighted by atomic mass is 10.1. The fourth-order valence-electron chi connectivity index (χ4n) is 3.88. The first-order valence-corrected chi connectivity index (χ1v) is 12.3. The summed E-state index contributed by atoms with van der Waals surface area (Å²) in [6.45, 7) is 2.12. The number of nitrogens with two attached hydrogens (primary N) is 1. The maximum absolute atomic E-state index is 13.5. The number of para-hydroxylation sites is 2. The lowest BCUT2D eigenvalue weighted by Gasteiger charge is -2.23. The minimum absolute atomic E-state index is 0.0416. The summed E-state index contributed by atoms with van der Waals surface area (Å²) in [5.41, 5.74) is 7.40. The molecule has 3 aromatic carbocycles. The largest absolute Gasteiger partial charge is 0.370 e. The third-order valence-electron chi connectivity index (χ3n) is 5.72. The second kappa shape index (κ2) is 11.0. The quantitative estimate of drug-likeness (QED) is 0.285. The maximum atomic E-state index is 13.5. The molecule has 35 heavy (non-hydrogen) atoms. The van der Waals surface area contributed by atoms with Crippen LogP contribution in [0.4, 0.5) is 5.69 Å². The van der Waals surface area contributed by atoms with Gasteiger partial charge < -0.3 is 10.6 Å². The number of anilines is 1. The Labute approximate surface area is 207 Å². The number of fused-ring (bicyclic) bond motifs is 1. The summed E-state index contributed by atoms with van der Waals surface area (Å²) in [7, 11) is 0. The van der Waals surface area contributed by atoms with Gasteiger partial charge in [0.25, 0.3) is 5.56 Å². The molecule has 2 N–H and O–H groups in total. The van der Waals surface area contributed by atoms with Crippen LogP contribution in [0, 0.1) is 0 Å². The molecule has 1 unspecified atom stereocenters. The minimum atomic E-state index is -0.479. The van der Waals surface area contributed by atoms with Crippen molar-refractivity contribution in [3.8, 4) is 0 Å². The highest BCUT2D eigenvalue weighted by atomic mass is 32.2. The van der Waals surface area contributed by atoms with E-state index in [-0.39, 0.29) is 36.2 Å². The molecule has 4 aromatic rings. The lowest BCUT2D eigenvalue weighted by Crippen LogP contribution is -2.35. The third kappa shape index (κ3) is 5.60. The fourth-order valence-corrected chi connectivity index (χ4v) is 4.83. The molecule has 0 aliphatic rings. The van der Waals surface area contributed by atoms with E-state index in [1.54, 1.807) is 21.6 Å². The van der Waals surface area contributed by atoms with Gasteiger partial charge in [-0.2, -0.15) is 0 Å². The van der Waals surface area contributed by atoms with E-state index >= 15 is 0 Å². The number of primary amides is 1. The van der Waals surface area contributed by atoms with Crippen molar-refractivity contribution in [1.82, 2.24) is 9.55 Å². The predicted molar refractivity (Wildman–Crippen MR) is 140 cm³/mol. The molecule has 1 aromatic heterocycles. The molecule has 0 saturated carbocycles. The summed E-state index contributed by atoms with van der Waals surface area (Å²) in [6, 6.07) is 25.8. The number of benzene rings is 3. The monoisotopic (exact) mass is 486 g/mol. The standard InChI is InChI=1S/C27H26N4O3S/c1-19(20-10-4-2-5-11-20)31-26(34)22-14-8-9-15-23(22)29-27(31)35-18-25(33)30(17-16-24(28)32)21-12-6-3-7-13-21/h2-15,19H,16-18H2,1H3,(H2,28,32).